The molecule has 3 rings (SSSR count). The third-order valence-corrected chi connectivity index (χ3v) is 4.57. The van der Waals surface area contributed by atoms with E-state index in [-0.39, 0.29) is 6.10 Å². The van der Waals surface area contributed by atoms with Gasteiger partial charge in [-0.2, -0.15) is 0 Å². The summed E-state index contributed by atoms with van der Waals surface area (Å²) in [4.78, 5) is 0. The summed E-state index contributed by atoms with van der Waals surface area (Å²) in [6, 6.07) is 4.17. The normalized spacial score (nSPS) is 22.5. The largest absolute Gasteiger partial charge is 0.494 e. The first-order chi connectivity index (χ1) is 11.1. The van der Waals surface area contributed by atoms with E-state index in [9.17, 15) is 5.11 Å². The van der Waals surface area contributed by atoms with Gasteiger partial charge in [-0.25, -0.2) is 0 Å². The summed E-state index contributed by atoms with van der Waals surface area (Å²) in [5, 5.41) is 13.9. The SMILES string of the molecule is CCOc1cc2c(cc1CNCC1(O)CCOCC1)OC(C)C2. The third kappa shape index (κ3) is 3.97. The molecule has 2 heterocycles. The quantitative estimate of drug-likeness (QED) is 0.840. The molecule has 1 aromatic carbocycles. The Morgan fingerprint density at radius 1 is 1.35 bits per heavy atom. The summed E-state index contributed by atoms with van der Waals surface area (Å²) >= 11 is 0. The van der Waals surface area contributed by atoms with Crippen molar-refractivity contribution in [3.8, 4) is 11.5 Å². The van der Waals surface area contributed by atoms with Crippen molar-refractivity contribution < 1.29 is 19.3 Å². The summed E-state index contributed by atoms with van der Waals surface area (Å²) in [6.07, 6.45) is 2.53. The molecule has 1 fully saturated rings. The van der Waals surface area contributed by atoms with E-state index < -0.39 is 5.60 Å². The Morgan fingerprint density at radius 2 is 2.13 bits per heavy atom. The van der Waals surface area contributed by atoms with Gasteiger partial charge in [0.1, 0.15) is 17.6 Å². The van der Waals surface area contributed by atoms with Crippen LogP contribution >= 0.6 is 0 Å². The van der Waals surface area contributed by atoms with Crippen LogP contribution in [0, 0.1) is 0 Å². The Bertz CT molecular complexity index is 540. The van der Waals surface area contributed by atoms with Gasteiger partial charge >= 0.3 is 0 Å². The molecule has 0 aromatic heterocycles. The minimum Gasteiger partial charge on any atom is -0.494 e. The summed E-state index contributed by atoms with van der Waals surface area (Å²) in [5.74, 6) is 1.87. The highest BCUT2D eigenvalue weighted by atomic mass is 16.5. The van der Waals surface area contributed by atoms with E-state index in [1.54, 1.807) is 0 Å². The fourth-order valence-corrected chi connectivity index (χ4v) is 3.27. The highest BCUT2D eigenvalue weighted by Gasteiger charge is 2.29. The van der Waals surface area contributed by atoms with Gasteiger partial charge in [0, 0.05) is 56.7 Å². The number of fused-ring (bicyclic) bond motifs is 1. The smallest absolute Gasteiger partial charge is 0.124 e. The van der Waals surface area contributed by atoms with Crippen molar-refractivity contribution in [1.82, 2.24) is 5.32 Å². The molecular formula is C18H27NO4. The Hall–Kier alpha value is -1.30. The molecular weight excluding hydrogens is 294 g/mol. The van der Waals surface area contributed by atoms with Gasteiger partial charge in [0.15, 0.2) is 0 Å². The molecule has 2 N–H and O–H groups in total. The van der Waals surface area contributed by atoms with Crippen molar-refractivity contribution in [2.45, 2.75) is 51.4 Å². The maximum absolute atomic E-state index is 10.5. The Labute approximate surface area is 137 Å². The molecule has 0 amide bonds. The number of hydrogen-bond donors (Lipinski definition) is 2. The number of benzene rings is 1. The van der Waals surface area contributed by atoms with Crippen molar-refractivity contribution in [2.75, 3.05) is 26.4 Å². The first-order valence-electron chi connectivity index (χ1n) is 8.56. The molecule has 0 aliphatic carbocycles. The Balaban J connectivity index is 1.65. The summed E-state index contributed by atoms with van der Waals surface area (Å²) < 4.78 is 17.0. The molecule has 1 atom stereocenters. The average molecular weight is 321 g/mol. The monoisotopic (exact) mass is 321 g/mol. The lowest BCUT2D eigenvalue weighted by Crippen LogP contribution is -2.44. The van der Waals surface area contributed by atoms with E-state index in [1.165, 1.54) is 5.56 Å². The predicted molar refractivity (Wildman–Crippen MR) is 88.1 cm³/mol. The molecule has 0 spiro atoms. The molecule has 0 radical (unpaired) electrons. The molecule has 23 heavy (non-hydrogen) atoms. The van der Waals surface area contributed by atoms with Crippen LogP contribution in [-0.4, -0.2) is 43.2 Å². The van der Waals surface area contributed by atoms with Crippen LogP contribution in [0.4, 0.5) is 0 Å². The van der Waals surface area contributed by atoms with Gasteiger partial charge in [-0.05, 0) is 26.0 Å². The zero-order valence-electron chi connectivity index (χ0n) is 14.1. The zero-order chi connectivity index (χ0) is 16.3. The summed E-state index contributed by atoms with van der Waals surface area (Å²) in [7, 11) is 0. The summed E-state index contributed by atoms with van der Waals surface area (Å²) in [6.45, 7) is 7.20. The maximum Gasteiger partial charge on any atom is 0.124 e. The summed E-state index contributed by atoms with van der Waals surface area (Å²) in [5.41, 5.74) is 1.63. The van der Waals surface area contributed by atoms with Gasteiger partial charge in [0.2, 0.25) is 0 Å². The molecule has 5 heteroatoms. The van der Waals surface area contributed by atoms with Gasteiger partial charge in [-0.1, -0.05) is 0 Å². The molecule has 0 bridgehead atoms. The van der Waals surface area contributed by atoms with Crippen LogP contribution < -0.4 is 14.8 Å². The molecule has 2 aliphatic heterocycles. The lowest BCUT2D eigenvalue weighted by atomic mass is 9.94. The lowest BCUT2D eigenvalue weighted by molar-refractivity contribution is -0.0617. The average Bonchev–Trinajstić information content (AvgIpc) is 2.87. The van der Waals surface area contributed by atoms with E-state index in [1.807, 2.05) is 6.92 Å². The van der Waals surface area contributed by atoms with Crippen LogP contribution in [0.1, 0.15) is 37.8 Å². The highest BCUT2D eigenvalue weighted by molar-refractivity contribution is 5.48. The fourth-order valence-electron chi connectivity index (χ4n) is 3.27. The molecule has 5 nitrogen and oxygen atoms in total. The number of aliphatic hydroxyl groups is 1. The van der Waals surface area contributed by atoms with Gasteiger partial charge in [-0.15, -0.1) is 0 Å². The third-order valence-electron chi connectivity index (χ3n) is 4.57. The van der Waals surface area contributed by atoms with E-state index in [4.69, 9.17) is 14.2 Å². The van der Waals surface area contributed by atoms with Crippen LogP contribution in [0.2, 0.25) is 0 Å². The number of nitrogens with one attached hydrogen (secondary N) is 1. The van der Waals surface area contributed by atoms with Crippen molar-refractivity contribution in [2.24, 2.45) is 0 Å². The van der Waals surface area contributed by atoms with E-state index >= 15 is 0 Å². The van der Waals surface area contributed by atoms with Crippen LogP contribution in [0.25, 0.3) is 0 Å². The van der Waals surface area contributed by atoms with Crippen molar-refractivity contribution >= 4 is 0 Å². The minimum atomic E-state index is -0.661. The fraction of sp³-hybridized carbons (Fsp3) is 0.667. The van der Waals surface area contributed by atoms with Crippen LogP contribution in [0.15, 0.2) is 12.1 Å². The van der Waals surface area contributed by atoms with Crippen molar-refractivity contribution in [3.63, 3.8) is 0 Å². The predicted octanol–water partition coefficient (Wildman–Crippen LogP) is 2.04. The Morgan fingerprint density at radius 3 is 2.87 bits per heavy atom. The van der Waals surface area contributed by atoms with Crippen LogP contribution in [0.3, 0.4) is 0 Å². The van der Waals surface area contributed by atoms with Crippen molar-refractivity contribution in [3.05, 3.63) is 23.3 Å². The standard InChI is InChI=1S/C18H27NO4/c1-3-22-16-9-14-8-13(2)23-17(14)10-15(16)11-19-12-18(20)4-6-21-7-5-18/h9-10,13,19-20H,3-8,11-12H2,1-2H3. The Kier molecular flexibility index (Phi) is 5.09. The maximum atomic E-state index is 10.5. The topological polar surface area (TPSA) is 60.0 Å². The van der Waals surface area contributed by atoms with E-state index in [2.05, 4.69) is 24.4 Å². The second kappa shape index (κ2) is 7.07. The number of rotatable bonds is 6. The minimum absolute atomic E-state index is 0.227. The van der Waals surface area contributed by atoms with Gasteiger partial charge in [0.05, 0.1) is 12.2 Å². The molecule has 1 aromatic rings. The second-order valence-corrected chi connectivity index (χ2v) is 6.57. The van der Waals surface area contributed by atoms with Crippen LogP contribution in [0.5, 0.6) is 11.5 Å². The molecule has 128 valence electrons. The molecule has 1 unspecified atom stereocenters. The van der Waals surface area contributed by atoms with E-state index in [0.717, 1.165) is 23.5 Å². The molecule has 1 saturated heterocycles. The van der Waals surface area contributed by atoms with Crippen molar-refractivity contribution in [1.29, 1.82) is 0 Å². The first-order valence-corrected chi connectivity index (χ1v) is 8.56. The van der Waals surface area contributed by atoms with Gasteiger partial charge in [0.25, 0.3) is 0 Å². The van der Waals surface area contributed by atoms with Gasteiger partial charge < -0.3 is 24.6 Å². The van der Waals surface area contributed by atoms with Crippen LogP contribution in [-0.2, 0) is 17.7 Å². The lowest BCUT2D eigenvalue weighted by Gasteiger charge is -2.32. The van der Waals surface area contributed by atoms with Gasteiger partial charge in [-0.3, -0.25) is 0 Å². The molecule has 0 saturated carbocycles. The number of ether oxygens (including phenoxy) is 3. The number of hydrogen-bond acceptors (Lipinski definition) is 5. The van der Waals surface area contributed by atoms with E-state index in [0.29, 0.717) is 45.8 Å². The first kappa shape index (κ1) is 16.6. The molecule has 2 aliphatic rings. The highest BCUT2D eigenvalue weighted by Crippen LogP contribution is 2.35. The zero-order valence-corrected chi connectivity index (χ0v) is 14.1. The second-order valence-electron chi connectivity index (χ2n) is 6.57.